The maximum atomic E-state index is 4.94. The van der Waals surface area contributed by atoms with Crippen LogP contribution in [0.3, 0.4) is 0 Å². The first kappa shape index (κ1) is 18.4. The molecule has 4 rings (SSSR count). The highest BCUT2D eigenvalue weighted by Crippen LogP contribution is 2.21. The normalized spacial score (nSPS) is 11.7. The van der Waals surface area contributed by atoms with Crippen LogP contribution in [0, 0.1) is 0 Å². The first-order chi connectivity index (χ1) is 13.8. The molecule has 0 spiro atoms. The van der Waals surface area contributed by atoms with Crippen molar-refractivity contribution in [2.24, 2.45) is 4.99 Å². The van der Waals surface area contributed by atoms with Crippen molar-refractivity contribution in [2.75, 3.05) is 0 Å². The van der Waals surface area contributed by atoms with E-state index >= 15 is 0 Å². The molecule has 4 heteroatoms. The molecule has 2 aromatic heterocycles. The second-order valence-electron chi connectivity index (χ2n) is 6.62. The first-order valence-electron chi connectivity index (χ1n) is 9.61. The molecular weight excluding hydrogens is 362 g/mol. The van der Waals surface area contributed by atoms with Crippen molar-refractivity contribution >= 4 is 17.0 Å². The summed E-state index contributed by atoms with van der Waals surface area (Å²) in [6.45, 7) is 3.01. The second kappa shape index (κ2) is 8.81. The molecule has 28 heavy (non-hydrogen) atoms. The molecule has 140 valence electrons. The fraction of sp³-hybridized carbons (Fsp3) is 0.167. The molecule has 0 N–H and O–H groups in total. The van der Waals surface area contributed by atoms with E-state index in [4.69, 9.17) is 4.99 Å². The van der Waals surface area contributed by atoms with E-state index in [1.54, 1.807) is 11.3 Å². The molecule has 0 bridgehead atoms. The fourth-order valence-electron chi connectivity index (χ4n) is 3.16. The number of rotatable bonds is 6. The average molecular weight is 386 g/mol. The zero-order chi connectivity index (χ0) is 19.2. The molecule has 0 aliphatic carbocycles. The summed E-state index contributed by atoms with van der Waals surface area (Å²) in [5.41, 5.74) is 5.83. The molecule has 0 radical (unpaired) electrons. The van der Waals surface area contributed by atoms with E-state index in [1.807, 2.05) is 18.3 Å². The molecule has 0 atom stereocenters. The summed E-state index contributed by atoms with van der Waals surface area (Å²) in [4.78, 5) is 10.4. The van der Waals surface area contributed by atoms with Crippen LogP contribution in [-0.4, -0.2) is 9.55 Å². The van der Waals surface area contributed by atoms with E-state index in [0.29, 0.717) is 0 Å². The summed E-state index contributed by atoms with van der Waals surface area (Å²) in [7, 11) is 0. The smallest absolute Gasteiger partial charge is 0.190 e. The van der Waals surface area contributed by atoms with Gasteiger partial charge in [-0.15, -0.1) is 11.3 Å². The number of aryl methyl sites for hydroxylation is 2. The van der Waals surface area contributed by atoms with Crippen LogP contribution in [0.2, 0.25) is 0 Å². The van der Waals surface area contributed by atoms with Gasteiger partial charge in [0.2, 0.25) is 0 Å². The molecule has 0 amide bonds. The van der Waals surface area contributed by atoms with Gasteiger partial charge < -0.3 is 4.57 Å². The third kappa shape index (κ3) is 4.29. The first-order valence-corrected chi connectivity index (χ1v) is 10.5. The van der Waals surface area contributed by atoms with Crippen LogP contribution in [-0.2, 0) is 19.4 Å². The van der Waals surface area contributed by atoms with Gasteiger partial charge in [-0.05, 0) is 41.8 Å². The Balaban J connectivity index is 1.72. The van der Waals surface area contributed by atoms with Crippen molar-refractivity contribution in [3.8, 4) is 11.3 Å². The van der Waals surface area contributed by atoms with Crippen molar-refractivity contribution in [2.45, 2.75) is 26.3 Å². The Morgan fingerprint density at radius 2 is 1.71 bits per heavy atom. The summed E-state index contributed by atoms with van der Waals surface area (Å²) in [6, 6.07) is 25.1. The highest BCUT2D eigenvalue weighted by molar-refractivity contribution is 7.07. The Kier molecular flexibility index (Phi) is 5.78. The van der Waals surface area contributed by atoms with E-state index < -0.39 is 0 Å². The molecule has 0 saturated heterocycles. The van der Waals surface area contributed by atoms with Crippen LogP contribution in [0.1, 0.15) is 18.2 Å². The minimum atomic E-state index is 0.844. The van der Waals surface area contributed by atoms with Crippen LogP contribution in [0.4, 0.5) is 5.69 Å². The molecular formula is C24H23N3S. The molecule has 0 fully saturated rings. The van der Waals surface area contributed by atoms with Gasteiger partial charge in [0.25, 0.3) is 0 Å². The molecule has 0 aliphatic rings. The number of thiazole rings is 1. The quantitative estimate of drug-likeness (QED) is 0.422. The second-order valence-corrected chi connectivity index (χ2v) is 7.46. The van der Waals surface area contributed by atoms with Gasteiger partial charge in [0.15, 0.2) is 4.80 Å². The van der Waals surface area contributed by atoms with Crippen LogP contribution < -0.4 is 4.80 Å². The van der Waals surface area contributed by atoms with Gasteiger partial charge in [-0.3, -0.25) is 4.98 Å². The van der Waals surface area contributed by atoms with Crippen LogP contribution >= 0.6 is 11.3 Å². The zero-order valence-electron chi connectivity index (χ0n) is 16.0. The molecule has 4 aromatic rings. The zero-order valence-corrected chi connectivity index (χ0v) is 16.8. The van der Waals surface area contributed by atoms with Gasteiger partial charge >= 0.3 is 0 Å². The Labute approximate surface area is 169 Å². The van der Waals surface area contributed by atoms with Crippen molar-refractivity contribution < 1.29 is 0 Å². The van der Waals surface area contributed by atoms with Crippen LogP contribution in [0.25, 0.3) is 11.3 Å². The van der Waals surface area contributed by atoms with Gasteiger partial charge in [-0.25, -0.2) is 4.99 Å². The number of hydrogen-bond donors (Lipinski definition) is 0. The lowest BCUT2D eigenvalue weighted by Crippen LogP contribution is -2.17. The number of benzene rings is 2. The monoisotopic (exact) mass is 385 g/mol. The maximum absolute atomic E-state index is 4.94. The maximum Gasteiger partial charge on any atom is 0.190 e. The SMILES string of the molecule is CCc1ccc(N=c2scc(-c3ccccc3)n2CCc2ccccn2)cc1. The molecule has 3 nitrogen and oxygen atoms in total. The van der Waals surface area contributed by atoms with E-state index in [1.165, 1.54) is 16.8 Å². The minimum absolute atomic E-state index is 0.844. The van der Waals surface area contributed by atoms with Gasteiger partial charge in [0.05, 0.1) is 11.4 Å². The van der Waals surface area contributed by atoms with E-state index in [0.717, 1.165) is 35.6 Å². The Bertz CT molecular complexity index is 1080. The molecule has 2 heterocycles. The van der Waals surface area contributed by atoms with Crippen molar-refractivity contribution in [1.29, 1.82) is 0 Å². The molecule has 0 saturated carbocycles. The minimum Gasteiger partial charge on any atom is -0.316 e. The fourth-order valence-corrected chi connectivity index (χ4v) is 4.12. The highest BCUT2D eigenvalue weighted by Gasteiger charge is 2.08. The lowest BCUT2D eigenvalue weighted by molar-refractivity contribution is 0.674. The van der Waals surface area contributed by atoms with Gasteiger partial charge in [0, 0.05) is 30.2 Å². The van der Waals surface area contributed by atoms with E-state index in [2.05, 4.69) is 82.5 Å². The summed E-state index contributed by atoms with van der Waals surface area (Å²) < 4.78 is 2.31. The summed E-state index contributed by atoms with van der Waals surface area (Å²) >= 11 is 1.69. The largest absolute Gasteiger partial charge is 0.316 e. The number of hydrogen-bond acceptors (Lipinski definition) is 3. The number of aromatic nitrogens is 2. The lowest BCUT2D eigenvalue weighted by atomic mass is 10.1. The summed E-state index contributed by atoms with van der Waals surface area (Å²) in [5.74, 6) is 0. The predicted octanol–water partition coefficient (Wildman–Crippen LogP) is 5.65. The van der Waals surface area contributed by atoms with E-state index in [-0.39, 0.29) is 0 Å². The van der Waals surface area contributed by atoms with Gasteiger partial charge in [-0.2, -0.15) is 0 Å². The van der Waals surface area contributed by atoms with Gasteiger partial charge in [0.1, 0.15) is 0 Å². The summed E-state index contributed by atoms with van der Waals surface area (Å²) in [5, 5.41) is 2.20. The average Bonchev–Trinajstić information content (AvgIpc) is 3.16. The van der Waals surface area contributed by atoms with Crippen molar-refractivity contribution in [3.05, 3.63) is 100 Å². The topological polar surface area (TPSA) is 30.2 Å². The third-order valence-corrected chi connectivity index (χ3v) is 5.62. The Morgan fingerprint density at radius 3 is 2.43 bits per heavy atom. The van der Waals surface area contributed by atoms with E-state index in [9.17, 15) is 0 Å². The van der Waals surface area contributed by atoms with Crippen LogP contribution in [0.15, 0.2) is 89.4 Å². The molecule has 0 unspecified atom stereocenters. The number of pyridine rings is 1. The summed E-state index contributed by atoms with van der Waals surface area (Å²) in [6.07, 6.45) is 3.77. The Hall–Kier alpha value is -2.98. The van der Waals surface area contributed by atoms with Gasteiger partial charge in [-0.1, -0.05) is 55.5 Å². The highest BCUT2D eigenvalue weighted by atomic mass is 32.1. The molecule has 0 aliphatic heterocycles. The van der Waals surface area contributed by atoms with Crippen molar-refractivity contribution in [3.63, 3.8) is 0 Å². The standard InChI is InChI=1S/C24H23N3S/c1-2-19-11-13-22(14-12-19)26-24-27(17-15-21-10-6-7-16-25-21)23(18-28-24)20-8-4-3-5-9-20/h3-14,16,18H,2,15,17H2,1H3. The molecule has 2 aromatic carbocycles. The number of nitrogens with zero attached hydrogens (tertiary/aromatic N) is 3. The third-order valence-electron chi connectivity index (χ3n) is 4.75. The van der Waals surface area contributed by atoms with Crippen LogP contribution in [0.5, 0.6) is 0 Å². The lowest BCUT2D eigenvalue weighted by Gasteiger charge is -2.09. The Morgan fingerprint density at radius 1 is 0.929 bits per heavy atom. The van der Waals surface area contributed by atoms with Crippen molar-refractivity contribution in [1.82, 2.24) is 9.55 Å². The predicted molar refractivity (Wildman–Crippen MR) is 117 cm³/mol.